The summed E-state index contributed by atoms with van der Waals surface area (Å²) in [6.07, 6.45) is 4.71. The minimum absolute atomic E-state index is 0.00145. The van der Waals surface area contributed by atoms with Crippen molar-refractivity contribution >= 4 is 5.91 Å². The number of nitrogens with one attached hydrogen (secondary N) is 1. The van der Waals surface area contributed by atoms with Crippen molar-refractivity contribution in [3.63, 3.8) is 0 Å². The Morgan fingerprint density at radius 1 is 1.23 bits per heavy atom. The van der Waals surface area contributed by atoms with E-state index in [1.807, 2.05) is 19.1 Å². The fourth-order valence-corrected chi connectivity index (χ4v) is 2.60. The first-order valence-electron chi connectivity index (χ1n) is 8.37. The molecular formula is C19H19FN4O2. The van der Waals surface area contributed by atoms with E-state index in [-0.39, 0.29) is 29.8 Å². The molecule has 6 nitrogen and oxygen atoms in total. The summed E-state index contributed by atoms with van der Waals surface area (Å²) in [4.78, 5) is 20.2. The zero-order valence-electron chi connectivity index (χ0n) is 14.4. The normalized spacial score (nSPS) is 11.9. The summed E-state index contributed by atoms with van der Waals surface area (Å²) in [6.45, 7) is 1.95. The van der Waals surface area contributed by atoms with Crippen molar-refractivity contribution in [2.45, 2.75) is 32.2 Å². The molecule has 26 heavy (non-hydrogen) atoms. The van der Waals surface area contributed by atoms with Gasteiger partial charge >= 0.3 is 0 Å². The third kappa shape index (κ3) is 4.72. The first-order valence-corrected chi connectivity index (χ1v) is 8.37. The summed E-state index contributed by atoms with van der Waals surface area (Å²) in [5.41, 5.74) is 1.39. The lowest BCUT2D eigenvalue weighted by atomic mass is 10.1. The first kappa shape index (κ1) is 17.7. The van der Waals surface area contributed by atoms with Gasteiger partial charge in [-0.25, -0.2) is 4.39 Å². The molecule has 0 saturated carbocycles. The molecule has 134 valence electrons. The molecule has 1 N–H and O–H groups in total. The van der Waals surface area contributed by atoms with Gasteiger partial charge in [-0.1, -0.05) is 17.3 Å². The Balaban J connectivity index is 1.50. The van der Waals surface area contributed by atoms with Gasteiger partial charge in [-0.15, -0.1) is 0 Å². The van der Waals surface area contributed by atoms with Gasteiger partial charge in [0.2, 0.25) is 17.6 Å². The van der Waals surface area contributed by atoms with Crippen LogP contribution in [0.3, 0.4) is 0 Å². The van der Waals surface area contributed by atoms with E-state index in [9.17, 15) is 9.18 Å². The Kier molecular flexibility index (Phi) is 5.68. The van der Waals surface area contributed by atoms with Crippen molar-refractivity contribution in [2.75, 3.05) is 0 Å². The van der Waals surface area contributed by atoms with Gasteiger partial charge in [0.25, 0.3) is 0 Å². The number of rotatable bonds is 7. The number of aryl methyl sites for hydroxylation is 1. The van der Waals surface area contributed by atoms with E-state index in [0.29, 0.717) is 12.3 Å². The van der Waals surface area contributed by atoms with Crippen molar-refractivity contribution in [1.82, 2.24) is 20.4 Å². The average Bonchev–Trinajstić information content (AvgIpc) is 3.10. The van der Waals surface area contributed by atoms with E-state index in [4.69, 9.17) is 4.52 Å². The van der Waals surface area contributed by atoms with Crippen LogP contribution < -0.4 is 5.32 Å². The van der Waals surface area contributed by atoms with Gasteiger partial charge < -0.3 is 9.84 Å². The highest BCUT2D eigenvalue weighted by Gasteiger charge is 2.14. The number of benzene rings is 1. The van der Waals surface area contributed by atoms with Crippen molar-refractivity contribution < 1.29 is 13.7 Å². The Hall–Kier alpha value is -3.09. The van der Waals surface area contributed by atoms with Gasteiger partial charge in [-0.05, 0) is 43.2 Å². The molecule has 7 heteroatoms. The summed E-state index contributed by atoms with van der Waals surface area (Å²) in [7, 11) is 0. The molecule has 1 atom stereocenters. The molecule has 3 rings (SSSR count). The Labute approximate surface area is 150 Å². The summed E-state index contributed by atoms with van der Waals surface area (Å²) >= 11 is 0. The Bertz CT molecular complexity index is 867. The summed E-state index contributed by atoms with van der Waals surface area (Å²) in [5.74, 6) is -0.0236. The number of pyridine rings is 1. The number of halogens is 1. The molecule has 3 aromatic rings. The molecule has 0 fully saturated rings. The second-order valence-corrected chi connectivity index (χ2v) is 6.02. The molecule has 0 bridgehead atoms. The van der Waals surface area contributed by atoms with Crippen molar-refractivity contribution in [3.8, 4) is 11.4 Å². The molecule has 0 aliphatic carbocycles. The second-order valence-electron chi connectivity index (χ2n) is 6.02. The Morgan fingerprint density at radius 3 is 2.77 bits per heavy atom. The molecule has 0 unspecified atom stereocenters. The van der Waals surface area contributed by atoms with Crippen LogP contribution in [0.15, 0.2) is 53.3 Å². The monoisotopic (exact) mass is 354 g/mol. The predicted molar refractivity (Wildman–Crippen MR) is 93.6 cm³/mol. The number of hydrogen-bond donors (Lipinski definition) is 1. The van der Waals surface area contributed by atoms with Crippen LogP contribution in [-0.4, -0.2) is 27.1 Å². The number of nitrogens with zero attached hydrogens (tertiary/aromatic N) is 3. The lowest BCUT2D eigenvalue weighted by Crippen LogP contribution is -2.34. The fraction of sp³-hybridized carbons (Fsp3) is 0.263. The van der Waals surface area contributed by atoms with E-state index < -0.39 is 5.82 Å². The summed E-state index contributed by atoms with van der Waals surface area (Å²) in [6, 6.07) is 10.1. The van der Waals surface area contributed by atoms with Gasteiger partial charge in [0.05, 0.1) is 5.56 Å². The minimum atomic E-state index is -0.414. The average molecular weight is 354 g/mol. The quantitative estimate of drug-likeness (QED) is 0.705. The topological polar surface area (TPSA) is 80.9 Å². The Morgan fingerprint density at radius 2 is 2.00 bits per heavy atom. The molecular weight excluding hydrogens is 335 g/mol. The lowest BCUT2D eigenvalue weighted by molar-refractivity contribution is -0.121. The van der Waals surface area contributed by atoms with Gasteiger partial charge in [-0.3, -0.25) is 9.78 Å². The van der Waals surface area contributed by atoms with Gasteiger partial charge in [0, 0.05) is 31.3 Å². The summed E-state index contributed by atoms with van der Waals surface area (Å²) in [5, 5.41) is 6.72. The molecule has 1 aromatic carbocycles. The van der Waals surface area contributed by atoms with E-state index >= 15 is 0 Å². The molecule has 2 heterocycles. The molecule has 0 saturated heterocycles. The van der Waals surface area contributed by atoms with Gasteiger partial charge in [-0.2, -0.15) is 4.98 Å². The number of amides is 1. The number of carbonyl (C=O) groups is 1. The van der Waals surface area contributed by atoms with Crippen LogP contribution in [0.4, 0.5) is 4.39 Å². The van der Waals surface area contributed by atoms with Crippen LogP contribution in [0, 0.1) is 5.82 Å². The summed E-state index contributed by atoms with van der Waals surface area (Å²) < 4.78 is 18.8. The number of hydrogen-bond acceptors (Lipinski definition) is 5. The third-order valence-electron chi connectivity index (χ3n) is 3.85. The van der Waals surface area contributed by atoms with E-state index in [2.05, 4.69) is 20.4 Å². The van der Waals surface area contributed by atoms with Crippen LogP contribution in [0.25, 0.3) is 11.4 Å². The lowest BCUT2D eigenvalue weighted by Gasteiger charge is -2.13. The standard InChI is InChI=1S/C19H19FN4O2/c1-13(12-14-8-10-21-11-9-14)22-17(25)6-7-18-23-19(24-26-18)15-4-2-3-5-16(15)20/h2-5,8-11,13H,6-7,12H2,1H3,(H,22,25)/t13-/m0/s1. The fourth-order valence-electron chi connectivity index (χ4n) is 2.60. The zero-order chi connectivity index (χ0) is 18.4. The highest BCUT2D eigenvalue weighted by molar-refractivity contribution is 5.76. The number of aromatic nitrogens is 3. The van der Waals surface area contributed by atoms with Crippen LogP contribution in [-0.2, 0) is 17.6 Å². The van der Waals surface area contributed by atoms with Crippen molar-refractivity contribution in [1.29, 1.82) is 0 Å². The SMILES string of the molecule is C[C@@H](Cc1ccncc1)NC(=O)CCc1nc(-c2ccccc2F)no1. The maximum absolute atomic E-state index is 13.7. The van der Waals surface area contributed by atoms with Crippen LogP contribution in [0.5, 0.6) is 0 Å². The van der Waals surface area contributed by atoms with E-state index in [0.717, 1.165) is 12.0 Å². The van der Waals surface area contributed by atoms with E-state index in [1.165, 1.54) is 6.07 Å². The first-order chi connectivity index (χ1) is 12.6. The van der Waals surface area contributed by atoms with Gasteiger partial charge in [0.15, 0.2) is 0 Å². The molecule has 0 radical (unpaired) electrons. The van der Waals surface area contributed by atoms with E-state index in [1.54, 1.807) is 30.6 Å². The smallest absolute Gasteiger partial charge is 0.227 e. The molecule has 0 spiro atoms. The molecule has 2 aromatic heterocycles. The highest BCUT2D eigenvalue weighted by Crippen LogP contribution is 2.19. The largest absolute Gasteiger partial charge is 0.353 e. The van der Waals surface area contributed by atoms with Crippen molar-refractivity contribution in [2.24, 2.45) is 0 Å². The molecule has 0 aliphatic heterocycles. The maximum Gasteiger partial charge on any atom is 0.227 e. The molecule has 1 amide bonds. The minimum Gasteiger partial charge on any atom is -0.353 e. The van der Waals surface area contributed by atoms with Gasteiger partial charge in [0.1, 0.15) is 5.82 Å². The van der Waals surface area contributed by atoms with Crippen LogP contribution in [0.1, 0.15) is 24.8 Å². The predicted octanol–water partition coefficient (Wildman–Crippen LogP) is 2.95. The van der Waals surface area contributed by atoms with Crippen LogP contribution in [0.2, 0.25) is 0 Å². The number of carbonyl (C=O) groups excluding carboxylic acids is 1. The van der Waals surface area contributed by atoms with Crippen molar-refractivity contribution in [3.05, 3.63) is 66.1 Å². The molecule has 0 aliphatic rings. The second kappa shape index (κ2) is 8.33. The zero-order valence-corrected chi connectivity index (χ0v) is 14.4. The maximum atomic E-state index is 13.7. The van der Waals surface area contributed by atoms with Crippen LogP contribution >= 0.6 is 0 Å². The highest BCUT2D eigenvalue weighted by atomic mass is 19.1. The third-order valence-corrected chi connectivity index (χ3v) is 3.85.